The number of aliphatic carboxylic acids is 1. The van der Waals surface area contributed by atoms with Crippen LogP contribution in [-0.4, -0.2) is 45.9 Å². The molecule has 3 aliphatic heterocycles. The van der Waals surface area contributed by atoms with Crippen LogP contribution < -0.4 is 5.32 Å². The van der Waals surface area contributed by atoms with Crippen molar-refractivity contribution in [2.75, 3.05) is 0 Å². The van der Waals surface area contributed by atoms with E-state index in [9.17, 15) is 14.4 Å². The average Bonchev–Trinajstić information content (AvgIpc) is 2.91. The molecule has 6 nitrogen and oxygen atoms in total. The van der Waals surface area contributed by atoms with Gasteiger partial charge in [0.1, 0.15) is 6.04 Å². The maximum atomic E-state index is 12.5. The molecular formula is C14H20N2O4. The second-order valence-electron chi connectivity index (χ2n) is 6.22. The highest BCUT2D eigenvalue weighted by Gasteiger charge is 2.46. The number of carbonyl (C=O) groups excluding carboxylic acids is 2. The fraction of sp³-hybridized carbons (Fsp3) is 0.786. The highest BCUT2D eigenvalue weighted by molar-refractivity contribution is 5.91. The summed E-state index contributed by atoms with van der Waals surface area (Å²) in [6, 6.07) is -0.0205. The molecule has 3 atom stereocenters. The number of nitrogens with one attached hydrogen (secondary N) is 1. The molecule has 0 aliphatic carbocycles. The van der Waals surface area contributed by atoms with Gasteiger partial charge >= 0.3 is 5.97 Å². The summed E-state index contributed by atoms with van der Waals surface area (Å²) < 4.78 is 0. The number of nitrogens with zero attached hydrogens (tertiary/aromatic N) is 1. The first kappa shape index (κ1) is 13.4. The van der Waals surface area contributed by atoms with Gasteiger partial charge in [-0.15, -0.1) is 0 Å². The number of carboxylic acid groups (broad SMARTS) is 1. The Kier molecular flexibility index (Phi) is 3.40. The summed E-state index contributed by atoms with van der Waals surface area (Å²) in [5, 5.41) is 11.6. The minimum absolute atomic E-state index is 0.0390. The predicted molar refractivity (Wildman–Crippen MR) is 69.8 cm³/mol. The quantitative estimate of drug-likeness (QED) is 0.788. The Morgan fingerprint density at radius 1 is 1.20 bits per heavy atom. The number of amides is 2. The Balaban J connectivity index is 1.66. The third-order valence-corrected chi connectivity index (χ3v) is 4.84. The molecule has 110 valence electrons. The number of fused-ring (bicyclic) bond motifs is 2. The topological polar surface area (TPSA) is 86.7 Å². The van der Waals surface area contributed by atoms with Crippen LogP contribution in [0.25, 0.3) is 0 Å². The summed E-state index contributed by atoms with van der Waals surface area (Å²) in [4.78, 5) is 36.5. The molecule has 3 saturated heterocycles. The second kappa shape index (κ2) is 5.07. The van der Waals surface area contributed by atoms with E-state index in [0.29, 0.717) is 12.8 Å². The standard InChI is InChI=1S/C14H20N2O4/c17-12-4-3-11(15-12)14(20)16-9-1-2-10(16)6-8(5-9)7-13(18)19/h8-11H,1-7H2,(H,15,17)(H,18,19)/t8?,9?,10?,11-/m1/s1. The SMILES string of the molecule is O=C(O)CC1CC2CCC(C1)N2C(=O)[C@H]1CCC(=O)N1. The zero-order chi connectivity index (χ0) is 14.3. The van der Waals surface area contributed by atoms with Crippen molar-refractivity contribution in [2.45, 2.75) is 63.1 Å². The fourth-order valence-corrected chi connectivity index (χ4v) is 4.04. The lowest BCUT2D eigenvalue weighted by Crippen LogP contribution is -2.52. The molecule has 2 bridgehead atoms. The first-order chi connectivity index (χ1) is 9.54. The molecule has 2 amide bonds. The van der Waals surface area contributed by atoms with Crippen LogP contribution in [0.4, 0.5) is 0 Å². The Morgan fingerprint density at radius 3 is 2.35 bits per heavy atom. The van der Waals surface area contributed by atoms with Crippen LogP contribution in [0.2, 0.25) is 0 Å². The average molecular weight is 280 g/mol. The molecule has 3 fully saturated rings. The molecule has 2 unspecified atom stereocenters. The van der Waals surface area contributed by atoms with E-state index in [4.69, 9.17) is 5.11 Å². The predicted octanol–water partition coefficient (Wildman–Crippen LogP) is 0.509. The van der Waals surface area contributed by atoms with Gasteiger partial charge in [-0.2, -0.15) is 0 Å². The van der Waals surface area contributed by atoms with Crippen LogP contribution >= 0.6 is 0 Å². The maximum absolute atomic E-state index is 12.5. The van der Waals surface area contributed by atoms with Crippen molar-refractivity contribution in [2.24, 2.45) is 5.92 Å². The molecule has 0 aromatic carbocycles. The van der Waals surface area contributed by atoms with Crippen molar-refractivity contribution in [3.63, 3.8) is 0 Å². The number of carbonyl (C=O) groups is 3. The van der Waals surface area contributed by atoms with E-state index in [-0.39, 0.29) is 42.3 Å². The smallest absolute Gasteiger partial charge is 0.303 e. The van der Waals surface area contributed by atoms with Crippen LogP contribution in [0, 0.1) is 5.92 Å². The van der Waals surface area contributed by atoms with Gasteiger partial charge in [0, 0.05) is 24.9 Å². The highest BCUT2D eigenvalue weighted by Crippen LogP contribution is 2.40. The zero-order valence-corrected chi connectivity index (χ0v) is 11.4. The largest absolute Gasteiger partial charge is 0.481 e. The third-order valence-electron chi connectivity index (χ3n) is 4.84. The van der Waals surface area contributed by atoms with Crippen LogP contribution in [0.3, 0.4) is 0 Å². The summed E-state index contributed by atoms with van der Waals surface area (Å²) >= 11 is 0. The van der Waals surface area contributed by atoms with Crippen molar-refractivity contribution in [3.8, 4) is 0 Å². The van der Waals surface area contributed by atoms with E-state index >= 15 is 0 Å². The number of carboxylic acids is 1. The van der Waals surface area contributed by atoms with Gasteiger partial charge in [0.2, 0.25) is 11.8 Å². The molecule has 6 heteroatoms. The number of hydrogen-bond acceptors (Lipinski definition) is 3. The molecule has 0 saturated carbocycles. The van der Waals surface area contributed by atoms with Crippen LogP contribution in [0.5, 0.6) is 0 Å². The Bertz CT molecular complexity index is 436. The van der Waals surface area contributed by atoms with Gasteiger partial charge < -0.3 is 15.3 Å². The lowest BCUT2D eigenvalue weighted by atomic mass is 9.87. The van der Waals surface area contributed by atoms with Crippen molar-refractivity contribution in [1.29, 1.82) is 0 Å². The molecule has 0 spiro atoms. The van der Waals surface area contributed by atoms with Gasteiger partial charge in [0.25, 0.3) is 0 Å². The molecule has 3 rings (SSSR count). The minimum Gasteiger partial charge on any atom is -0.481 e. The van der Waals surface area contributed by atoms with Crippen LogP contribution in [0.1, 0.15) is 44.9 Å². The molecule has 20 heavy (non-hydrogen) atoms. The van der Waals surface area contributed by atoms with Gasteiger partial charge in [-0.1, -0.05) is 0 Å². The first-order valence-corrected chi connectivity index (χ1v) is 7.38. The van der Waals surface area contributed by atoms with Crippen molar-refractivity contribution in [1.82, 2.24) is 10.2 Å². The van der Waals surface area contributed by atoms with Gasteiger partial charge in [0.15, 0.2) is 0 Å². The second-order valence-corrected chi connectivity index (χ2v) is 6.22. The number of piperidine rings is 1. The highest BCUT2D eigenvalue weighted by atomic mass is 16.4. The molecule has 0 radical (unpaired) electrons. The Morgan fingerprint density at radius 2 is 1.85 bits per heavy atom. The Labute approximate surface area is 117 Å². The van der Waals surface area contributed by atoms with Crippen LogP contribution in [0.15, 0.2) is 0 Å². The van der Waals surface area contributed by atoms with Gasteiger partial charge in [-0.3, -0.25) is 14.4 Å². The molecule has 0 aromatic rings. The van der Waals surface area contributed by atoms with Crippen molar-refractivity contribution in [3.05, 3.63) is 0 Å². The zero-order valence-electron chi connectivity index (χ0n) is 11.4. The summed E-state index contributed by atoms with van der Waals surface area (Å²) in [6.07, 6.45) is 4.73. The lowest BCUT2D eigenvalue weighted by molar-refractivity contribution is -0.141. The minimum atomic E-state index is -0.753. The Hall–Kier alpha value is -1.59. The maximum Gasteiger partial charge on any atom is 0.303 e. The van der Waals surface area contributed by atoms with Crippen molar-refractivity contribution >= 4 is 17.8 Å². The van der Waals surface area contributed by atoms with E-state index in [1.165, 1.54) is 0 Å². The van der Waals surface area contributed by atoms with Crippen LogP contribution in [-0.2, 0) is 14.4 Å². The van der Waals surface area contributed by atoms with E-state index in [0.717, 1.165) is 25.7 Å². The first-order valence-electron chi connectivity index (χ1n) is 7.38. The molecular weight excluding hydrogens is 260 g/mol. The molecule has 3 heterocycles. The van der Waals surface area contributed by atoms with Gasteiger partial charge in [-0.25, -0.2) is 0 Å². The van der Waals surface area contributed by atoms with Gasteiger partial charge in [0.05, 0.1) is 0 Å². The van der Waals surface area contributed by atoms with E-state index < -0.39 is 5.97 Å². The number of hydrogen-bond donors (Lipinski definition) is 2. The normalized spacial score (nSPS) is 36.0. The summed E-state index contributed by atoms with van der Waals surface area (Å²) in [5.41, 5.74) is 0. The number of rotatable bonds is 3. The molecule has 0 aromatic heterocycles. The van der Waals surface area contributed by atoms with Gasteiger partial charge in [-0.05, 0) is 38.0 Å². The molecule has 2 N–H and O–H groups in total. The molecule has 3 aliphatic rings. The summed E-state index contributed by atoms with van der Waals surface area (Å²) in [6.45, 7) is 0. The monoisotopic (exact) mass is 280 g/mol. The van der Waals surface area contributed by atoms with Crippen molar-refractivity contribution < 1.29 is 19.5 Å². The lowest BCUT2D eigenvalue weighted by Gasteiger charge is -2.39. The third kappa shape index (κ3) is 2.39. The summed E-state index contributed by atoms with van der Waals surface area (Å²) in [5.74, 6) is -0.571. The fourth-order valence-electron chi connectivity index (χ4n) is 4.04. The summed E-state index contributed by atoms with van der Waals surface area (Å²) in [7, 11) is 0. The van der Waals surface area contributed by atoms with E-state index in [2.05, 4.69) is 5.32 Å². The van der Waals surface area contributed by atoms with E-state index in [1.807, 2.05) is 4.90 Å². The van der Waals surface area contributed by atoms with E-state index in [1.54, 1.807) is 0 Å².